The zero-order valence-electron chi connectivity index (χ0n) is 10.2. The summed E-state index contributed by atoms with van der Waals surface area (Å²) in [6.07, 6.45) is 2.15. The third-order valence-electron chi connectivity index (χ3n) is 2.75. The molecule has 4 heteroatoms. The molecule has 0 bridgehead atoms. The number of fused-ring (bicyclic) bond motifs is 1. The molecule has 0 atom stereocenters. The van der Waals surface area contributed by atoms with Crippen LogP contribution in [0, 0.1) is 11.3 Å². The lowest BCUT2D eigenvalue weighted by atomic mass is 9.99. The lowest BCUT2D eigenvalue weighted by molar-refractivity contribution is -0.132. The molecule has 0 fully saturated rings. The molecule has 0 unspecified atom stereocenters. The lowest BCUT2D eigenvalue weighted by Crippen LogP contribution is -2.24. The van der Waals surface area contributed by atoms with Crippen LogP contribution in [-0.2, 0) is 11.2 Å². The fourth-order valence-corrected chi connectivity index (χ4v) is 2.03. The highest BCUT2D eigenvalue weighted by Gasteiger charge is 2.29. The van der Waals surface area contributed by atoms with Crippen molar-refractivity contribution < 1.29 is 14.6 Å². The minimum atomic E-state index is -1.21. The lowest BCUT2D eigenvalue weighted by Gasteiger charge is -2.16. The zero-order valence-corrected chi connectivity index (χ0v) is 10.2. The third kappa shape index (κ3) is 2.35. The fourth-order valence-electron chi connectivity index (χ4n) is 2.03. The summed E-state index contributed by atoms with van der Waals surface area (Å²) < 4.78 is 5.73. The summed E-state index contributed by atoms with van der Waals surface area (Å²) in [5, 5.41) is 17.5. The summed E-state index contributed by atoms with van der Waals surface area (Å²) in [4.78, 5) is 10.8. The van der Waals surface area contributed by atoms with Crippen LogP contribution >= 0.6 is 0 Å². The number of benzene rings is 1. The molecule has 0 aliphatic carbocycles. The number of carboxylic acid groups (broad SMARTS) is 1. The number of rotatable bonds is 2. The van der Waals surface area contributed by atoms with Gasteiger partial charge in [-0.2, -0.15) is 5.26 Å². The van der Waals surface area contributed by atoms with Crippen LogP contribution in [0.25, 0.3) is 6.08 Å². The maximum atomic E-state index is 10.8. The molecule has 4 nitrogen and oxygen atoms in total. The minimum absolute atomic E-state index is 0.227. The highest BCUT2D eigenvalue weighted by Crippen LogP contribution is 2.35. The van der Waals surface area contributed by atoms with Crippen molar-refractivity contribution in [1.82, 2.24) is 0 Å². The number of nitrogens with zero attached hydrogens (tertiary/aromatic N) is 1. The van der Waals surface area contributed by atoms with Crippen molar-refractivity contribution in [2.45, 2.75) is 25.9 Å². The van der Waals surface area contributed by atoms with Gasteiger partial charge in [0.05, 0.1) is 0 Å². The first-order chi connectivity index (χ1) is 8.41. The van der Waals surface area contributed by atoms with Crippen LogP contribution in [0.1, 0.15) is 25.0 Å². The quantitative estimate of drug-likeness (QED) is 0.639. The molecular formula is C14H13NO3. The van der Waals surface area contributed by atoms with Crippen molar-refractivity contribution in [3.63, 3.8) is 0 Å². The van der Waals surface area contributed by atoms with Crippen LogP contribution in [0.15, 0.2) is 23.8 Å². The van der Waals surface area contributed by atoms with Crippen molar-refractivity contribution in [1.29, 1.82) is 5.26 Å². The summed E-state index contributed by atoms with van der Waals surface area (Å²) in [6, 6.07) is 7.09. The maximum Gasteiger partial charge on any atom is 0.346 e. The number of nitriles is 1. The molecule has 1 aromatic rings. The SMILES string of the molecule is CC1(C)Cc2cc(/C=C(\C#N)C(=O)O)ccc2O1. The van der Waals surface area contributed by atoms with E-state index < -0.39 is 5.97 Å². The molecule has 0 aromatic heterocycles. The largest absolute Gasteiger partial charge is 0.487 e. The fraction of sp³-hybridized carbons (Fsp3) is 0.286. The topological polar surface area (TPSA) is 70.3 Å². The van der Waals surface area contributed by atoms with Gasteiger partial charge in [-0.15, -0.1) is 0 Å². The van der Waals surface area contributed by atoms with E-state index in [0.717, 1.165) is 17.7 Å². The second-order valence-electron chi connectivity index (χ2n) is 4.88. The van der Waals surface area contributed by atoms with Crippen molar-refractivity contribution in [3.05, 3.63) is 34.9 Å². The van der Waals surface area contributed by atoms with E-state index in [1.54, 1.807) is 12.1 Å². The van der Waals surface area contributed by atoms with Gasteiger partial charge in [-0.1, -0.05) is 6.07 Å². The Morgan fingerprint density at radius 2 is 2.28 bits per heavy atom. The average Bonchev–Trinajstić information content (AvgIpc) is 2.58. The molecule has 1 heterocycles. The molecule has 1 aliphatic rings. The molecule has 1 aromatic carbocycles. The molecule has 92 valence electrons. The van der Waals surface area contributed by atoms with E-state index in [0.29, 0.717) is 5.56 Å². The van der Waals surface area contributed by atoms with Crippen molar-refractivity contribution in [2.24, 2.45) is 0 Å². The number of hydrogen-bond acceptors (Lipinski definition) is 3. The summed E-state index contributed by atoms with van der Waals surface area (Å²) >= 11 is 0. The molecule has 1 aliphatic heterocycles. The van der Waals surface area contributed by atoms with Gasteiger partial charge in [0.1, 0.15) is 23.0 Å². The monoisotopic (exact) mass is 243 g/mol. The molecule has 2 rings (SSSR count). The minimum Gasteiger partial charge on any atom is -0.487 e. The van der Waals surface area contributed by atoms with Gasteiger partial charge in [0, 0.05) is 6.42 Å². The molecule has 18 heavy (non-hydrogen) atoms. The first-order valence-corrected chi connectivity index (χ1v) is 5.58. The highest BCUT2D eigenvalue weighted by atomic mass is 16.5. The van der Waals surface area contributed by atoms with Crippen molar-refractivity contribution in [3.8, 4) is 11.8 Å². The Bertz CT molecular complexity index is 579. The second-order valence-corrected chi connectivity index (χ2v) is 4.88. The molecule has 0 amide bonds. The van der Waals surface area contributed by atoms with Gasteiger partial charge in [0.15, 0.2) is 0 Å². The van der Waals surface area contributed by atoms with Crippen LogP contribution in [0.2, 0.25) is 0 Å². The Kier molecular flexibility index (Phi) is 2.84. The van der Waals surface area contributed by atoms with Crippen molar-refractivity contribution >= 4 is 12.0 Å². The summed E-state index contributed by atoms with van der Waals surface area (Å²) in [6.45, 7) is 4.00. The van der Waals surface area contributed by atoms with Gasteiger partial charge in [-0.05, 0) is 43.2 Å². The predicted molar refractivity (Wildman–Crippen MR) is 66.1 cm³/mol. The number of carbonyl (C=O) groups is 1. The molecule has 0 spiro atoms. The van der Waals surface area contributed by atoms with Gasteiger partial charge in [0.25, 0.3) is 0 Å². The van der Waals surface area contributed by atoms with Crippen LogP contribution in [0.5, 0.6) is 5.75 Å². The number of aliphatic carboxylic acids is 1. The third-order valence-corrected chi connectivity index (χ3v) is 2.75. The number of carboxylic acids is 1. The van der Waals surface area contributed by atoms with Crippen LogP contribution in [0.4, 0.5) is 0 Å². The van der Waals surface area contributed by atoms with E-state index in [-0.39, 0.29) is 11.2 Å². The second kappa shape index (κ2) is 4.19. The first-order valence-electron chi connectivity index (χ1n) is 5.58. The Morgan fingerprint density at radius 3 is 2.89 bits per heavy atom. The maximum absolute atomic E-state index is 10.8. The average molecular weight is 243 g/mol. The molecular weight excluding hydrogens is 230 g/mol. The van der Waals surface area contributed by atoms with Crippen LogP contribution in [-0.4, -0.2) is 16.7 Å². The standard InChI is InChI=1S/C14H13NO3/c1-14(2)7-10-5-9(3-4-12(10)18-14)6-11(8-15)13(16)17/h3-6H,7H2,1-2H3,(H,16,17)/b11-6+. The number of ether oxygens (including phenoxy) is 1. The summed E-state index contributed by atoms with van der Waals surface area (Å²) in [5.41, 5.74) is 1.24. The van der Waals surface area contributed by atoms with E-state index >= 15 is 0 Å². The number of hydrogen-bond donors (Lipinski definition) is 1. The van der Waals surface area contributed by atoms with Crippen LogP contribution in [0.3, 0.4) is 0 Å². The van der Waals surface area contributed by atoms with Gasteiger partial charge in [-0.25, -0.2) is 4.79 Å². The summed E-state index contributed by atoms with van der Waals surface area (Å²) in [5.74, 6) is -0.388. The van der Waals surface area contributed by atoms with Crippen molar-refractivity contribution in [2.75, 3.05) is 0 Å². The Hall–Kier alpha value is -2.28. The van der Waals surface area contributed by atoms with Crippen LogP contribution < -0.4 is 4.74 Å². The van der Waals surface area contributed by atoms with E-state index in [4.69, 9.17) is 15.1 Å². The van der Waals surface area contributed by atoms with Gasteiger partial charge in [0.2, 0.25) is 0 Å². The van der Waals surface area contributed by atoms with Gasteiger partial charge >= 0.3 is 5.97 Å². The Balaban J connectivity index is 2.36. The zero-order chi connectivity index (χ0) is 13.3. The molecule has 0 radical (unpaired) electrons. The summed E-state index contributed by atoms with van der Waals surface area (Å²) in [7, 11) is 0. The van der Waals surface area contributed by atoms with Gasteiger partial charge < -0.3 is 9.84 Å². The molecule has 1 N–H and O–H groups in total. The Labute approximate surface area is 105 Å². The molecule has 0 saturated heterocycles. The van der Waals surface area contributed by atoms with E-state index in [1.165, 1.54) is 6.08 Å². The predicted octanol–water partition coefficient (Wildman–Crippen LogP) is 2.39. The van der Waals surface area contributed by atoms with E-state index in [9.17, 15) is 4.79 Å². The van der Waals surface area contributed by atoms with E-state index in [2.05, 4.69) is 0 Å². The molecule has 0 saturated carbocycles. The Morgan fingerprint density at radius 1 is 1.56 bits per heavy atom. The first kappa shape index (κ1) is 12.2. The smallest absolute Gasteiger partial charge is 0.346 e. The van der Waals surface area contributed by atoms with Gasteiger partial charge in [-0.3, -0.25) is 0 Å². The highest BCUT2D eigenvalue weighted by molar-refractivity contribution is 5.96. The normalized spacial score (nSPS) is 16.6. The van der Waals surface area contributed by atoms with E-state index in [1.807, 2.05) is 26.0 Å².